The van der Waals surface area contributed by atoms with Gasteiger partial charge in [0, 0.05) is 16.2 Å². The van der Waals surface area contributed by atoms with Gasteiger partial charge in [-0.25, -0.2) is 0 Å². The summed E-state index contributed by atoms with van der Waals surface area (Å²) >= 11 is 11.1. The summed E-state index contributed by atoms with van der Waals surface area (Å²) in [4.78, 5) is 13.3. The van der Waals surface area contributed by atoms with Gasteiger partial charge in [0.2, 0.25) is 0 Å². The highest BCUT2D eigenvalue weighted by atomic mass is 79.9. The number of halogens is 2. The Balaban J connectivity index is 1.37. The minimum atomic E-state index is -0.247. The lowest BCUT2D eigenvalue weighted by Crippen LogP contribution is -2.11. The smallest absolute Gasteiger partial charge is 0.266 e. The molecule has 0 saturated heterocycles. The first kappa shape index (κ1) is 22.6. The Hall–Kier alpha value is -2.61. The van der Waals surface area contributed by atoms with Crippen molar-refractivity contribution in [2.75, 3.05) is 5.32 Å². The molecule has 32 heavy (non-hydrogen) atoms. The number of rotatable bonds is 7. The van der Waals surface area contributed by atoms with E-state index in [2.05, 4.69) is 40.2 Å². The van der Waals surface area contributed by atoms with Crippen LogP contribution < -0.4 is 10.1 Å². The normalized spacial score (nSPS) is 10.9. The number of carbonyl (C=O) groups is 1. The lowest BCUT2D eigenvalue weighted by atomic mass is 10.1. The molecule has 0 saturated carbocycles. The maximum absolute atomic E-state index is 12.7. The van der Waals surface area contributed by atoms with E-state index >= 15 is 0 Å². The summed E-state index contributed by atoms with van der Waals surface area (Å²) in [6, 6.07) is 15.8. The van der Waals surface area contributed by atoms with Gasteiger partial charge in [-0.15, -0.1) is 11.3 Å². The Morgan fingerprint density at radius 1 is 1.12 bits per heavy atom. The summed E-state index contributed by atoms with van der Waals surface area (Å²) in [6.45, 7) is 5.08. The Morgan fingerprint density at radius 3 is 2.66 bits per heavy atom. The molecule has 2 heterocycles. The van der Waals surface area contributed by atoms with E-state index in [1.54, 1.807) is 10.9 Å². The maximum Gasteiger partial charge on any atom is 0.266 e. The van der Waals surface area contributed by atoms with E-state index in [0.29, 0.717) is 28.9 Å². The van der Waals surface area contributed by atoms with Gasteiger partial charge in [0.15, 0.2) is 5.82 Å². The second-order valence-electron chi connectivity index (χ2n) is 7.46. The minimum Gasteiger partial charge on any atom is -0.489 e. The van der Waals surface area contributed by atoms with Crippen LogP contribution in [-0.4, -0.2) is 15.7 Å². The van der Waals surface area contributed by atoms with Crippen LogP contribution in [0.15, 0.2) is 64.6 Å². The van der Waals surface area contributed by atoms with Gasteiger partial charge in [-0.3, -0.25) is 9.48 Å². The Bertz CT molecular complexity index is 1250. The van der Waals surface area contributed by atoms with E-state index in [1.807, 2.05) is 53.9 Å². The molecule has 2 aromatic heterocycles. The fourth-order valence-electron chi connectivity index (χ4n) is 3.05. The number of nitrogens with one attached hydrogen (secondary N) is 1. The zero-order valence-corrected chi connectivity index (χ0v) is 20.7. The first-order valence-corrected chi connectivity index (χ1v) is 12.0. The topological polar surface area (TPSA) is 56.1 Å². The van der Waals surface area contributed by atoms with Crippen LogP contribution in [0.2, 0.25) is 5.02 Å². The highest BCUT2D eigenvalue weighted by molar-refractivity contribution is 9.10. The first-order valence-electron chi connectivity index (χ1n) is 9.93. The zero-order chi connectivity index (χ0) is 22.7. The molecule has 8 heteroatoms. The highest BCUT2D eigenvalue weighted by Crippen LogP contribution is 2.24. The molecule has 164 valence electrons. The molecule has 0 aliphatic rings. The molecule has 0 radical (unpaired) electrons. The molecular formula is C24H21BrClN3O2S. The molecule has 0 spiro atoms. The number of nitrogens with zero attached hydrogens (tertiary/aromatic N) is 2. The van der Waals surface area contributed by atoms with Crippen molar-refractivity contribution >= 4 is 50.6 Å². The summed E-state index contributed by atoms with van der Waals surface area (Å²) in [5, 5.41) is 9.53. The quantitative estimate of drug-likeness (QED) is 0.284. The largest absolute Gasteiger partial charge is 0.489 e. The summed E-state index contributed by atoms with van der Waals surface area (Å²) in [6.07, 6.45) is 1.70. The van der Waals surface area contributed by atoms with Crippen LogP contribution >= 0.6 is 38.9 Å². The van der Waals surface area contributed by atoms with E-state index in [0.717, 1.165) is 21.3 Å². The van der Waals surface area contributed by atoms with E-state index in [1.165, 1.54) is 22.5 Å². The standard InChI is InChI=1S/C24H21BrClN3O2S/c1-15-3-8-20(9-16(15)2)31-13-18-10-22(32-14-18)24(30)27-23-21(26)12-29(28-23)11-17-4-6-19(25)7-5-17/h3-10,12,14H,11,13H2,1-2H3,(H,27,28,30). The highest BCUT2D eigenvalue weighted by Gasteiger charge is 2.15. The van der Waals surface area contributed by atoms with Crippen LogP contribution in [0.4, 0.5) is 5.82 Å². The van der Waals surface area contributed by atoms with Gasteiger partial charge in [0.05, 0.1) is 11.4 Å². The minimum absolute atomic E-state index is 0.247. The SMILES string of the molecule is Cc1ccc(OCc2csc(C(=O)Nc3nn(Cc4ccc(Br)cc4)cc3Cl)c2)cc1C. The molecule has 4 rings (SSSR count). The van der Waals surface area contributed by atoms with E-state index in [4.69, 9.17) is 16.3 Å². The number of hydrogen-bond acceptors (Lipinski definition) is 4. The average molecular weight is 531 g/mol. The molecule has 5 nitrogen and oxygen atoms in total. The van der Waals surface area contributed by atoms with Crippen LogP contribution in [-0.2, 0) is 13.2 Å². The van der Waals surface area contributed by atoms with Gasteiger partial charge in [-0.2, -0.15) is 5.10 Å². The number of amides is 1. The molecule has 0 bridgehead atoms. The predicted molar refractivity (Wildman–Crippen MR) is 133 cm³/mol. The van der Waals surface area contributed by atoms with Crippen molar-refractivity contribution in [3.05, 3.63) is 96.7 Å². The monoisotopic (exact) mass is 529 g/mol. The van der Waals surface area contributed by atoms with Crippen molar-refractivity contribution < 1.29 is 9.53 Å². The molecule has 1 N–H and O–H groups in total. The zero-order valence-electron chi connectivity index (χ0n) is 17.6. The van der Waals surface area contributed by atoms with Gasteiger partial charge in [-0.1, -0.05) is 45.7 Å². The predicted octanol–water partition coefficient (Wildman–Crippen LogP) is 6.86. The Morgan fingerprint density at radius 2 is 1.91 bits per heavy atom. The van der Waals surface area contributed by atoms with E-state index in [9.17, 15) is 4.79 Å². The summed E-state index contributed by atoms with van der Waals surface area (Å²) in [5.41, 5.74) is 4.43. The van der Waals surface area contributed by atoms with Crippen molar-refractivity contribution in [1.29, 1.82) is 0 Å². The second-order valence-corrected chi connectivity index (χ2v) is 9.69. The summed E-state index contributed by atoms with van der Waals surface area (Å²) in [5.74, 6) is 0.909. The van der Waals surface area contributed by atoms with Gasteiger partial charge in [0.25, 0.3) is 5.91 Å². The first-order chi connectivity index (χ1) is 15.4. The number of thiophene rings is 1. The van der Waals surface area contributed by atoms with Gasteiger partial charge < -0.3 is 10.1 Å². The number of benzene rings is 2. The molecule has 0 atom stereocenters. The third-order valence-corrected chi connectivity index (χ3v) is 6.75. The Kier molecular flexibility index (Phi) is 6.98. The second kappa shape index (κ2) is 9.90. The van der Waals surface area contributed by atoms with Crippen molar-refractivity contribution in [3.8, 4) is 5.75 Å². The average Bonchev–Trinajstić information content (AvgIpc) is 3.37. The molecule has 2 aromatic carbocycles. The fourth-order valence-corrected chi connectivity index (χ4v) is 4.30. The molecule has 0 unspecified atom stereocenters. The summed E-state index contributed by atoms with van der Waals surface area (Å²) in [7, 11) is 0. The van der Waals surface area contributed by atoms with Crippen LogP contribution in [0.5, 0.6) is 5.75 Å². The third kappa shape index (κ3) is 5.59. The Labute approximate surface area is 204 Å². The van der Waals surface area contributed by atoms with Crippen molar-refractivity contribution in [3.63, 3.8) is 0 Å². The molecule has 4 aromatic rings. The third-order valence-electron chi connectivity index (χ3n) is 4.97. The van der Waals surface area contributed by atoms with Crippen LogP contribution in [0, 0.1) is 13.8 Å². The fraction of sp³-hybridized carbons (Fsp3) is 0.167. The van der Waals surface area contributed by atoms with Crippen molar-refractivity contribution in [1.82, 2.24) is 9.78 Å². The number of anilines is 1. The molecule has 0 aliphatic heterocycles. The van der Waals surface area contributed by atoms with Crippen LogP contribution in [0.3, 0.4) is 0 Å². The lowest BCUT2D eigenvalue weighted by Gasteiger charge is -2.07. The number of aromatic nitrogens is 2. The summed E-state index contributed by atoms with van der Waals surface area (Å²) < 4.78 is 8.58. The van der Waals surface area contributed by atoms with Crippen molar-refractivity contribution in [2.24, 2.45) is 0 Å². The molecule has 0 fully saturated rings. The number of hydrogen-bond donors (Lipinski definition) is 1. The molecular weight excluding hydrogens is 510 g/mol. The van der Waals surface area contributed by atoms with Gasteiger partial charge in [-0.05, 0) is 66.2 Å². The number of carbonyl (C=O) groups excluding carboxylic acids is 1. The molecule has 0 aliphatic carbocycles. The van der Waals surface area contributed by atoms with Crippen molar-refractivity contribution in [2.45, 2.75) is 27.0 Å². The number of aryl methyl sites for hydroxylation is 2. The lowest BCUT2D eigenvalue weighted by molar-refractivity contribution is 0.103. The van der Waals surface area contributed by atoms with Crippen LogP contribution in [0.1, 0.15) is 31.9 Å². The number of ether oxygens (including phenoxy) is 1. The van der Waals surface area contributed by atoms with Crippen LogP contribution in [0.25, 0.3) is 0 Å². The van der Waals surface area contributed by atoms with Gasteiger partial charge >= 0.3 is 0 Å². The molecule has 1 amide bonds. The van der Waals surface area contributed by atoms with E-state index in [-0.39, 0.29) is 5.91 Å². The van der Waals surface area contributed by atoms with Gasteiger partial charge in [0.1, 0.15) is 17.4 Å². The maximum atomic E-state index is 12.7. The van der Waals surface area contributed by atoms with E-state index < -0.39 is 0 Å².